The second-order valence-electron chi connectivity index (χ2n) is 5.33. The maximum atomic E-state index is 13.8. The molecule has 1 saturated heterocycles. The molecule has 0 aromatic heterocycles. The molecule has 2 atom stereocenters. The van der Waals surface area contributed by atoms with E-state index in [2.05, 4.69) is 40.0 Å². The van der Waals surface area contributed by atoms with E-state index in [-0.39, 0.29) is 11.9 Å². The molecule has 0 spiro atoms. The Morgan fingerprint density at radius 2 is 2.32 bits per heavy atom. The highest BCUT2D eigenvalue weighted by molar-refractivity contribution is 9.10. The van der Waals surface area contributed by atoms with Gasteiger partial charge in [0.15, 0.2) is 0 Å². The SMILES string of the molecule is CCN1CCCC(C(C)Nc2c(F)cccc2Br)C1. The third-order valence-electron chi connectivity index (χ3n) is 4.03. The minimum Gasteiger partial charge on any atom is -0.379 e. The van der Waals surface area contributed by atoms with Crippen LogP contribution in [0.5, 0.6) is 0 Å². The molecule has 0 bridgehead atoms. The Hall–Kier alpha value is -0.610. The predicted octanol–water partition coefficient (Wildman–Crippen LogP) is 4.12. The standard InChI is InChI=1S/C15H22BrFN2/c1-3-19-9-5-6-12(10-19)11(2)18-15-13(16)7-4-8-14(15)17/h4,7-8,11-12,18H,3,5-6,9-10H2,1-2H3. The zero-order valence-corrected chi connectivity index (χ0v) is 13.2. The largest absolute Gasteiger partial charge is 0.379 e. The van der Waals surface area contributed by atoms with Crippen molar-refractivity contribution in [2.45, 2.75) is 32.7 Å². The van der Waals surface area contributed by atoms with Crippen molar-refractivity contribution in [1.29, 1.82) is 0 Å². The lowest BCUT2D eigenvalue weighted by atomic mass is 9.91. The molecular formula is C15H22BrFN2. The summed E-state index contributed by atoms with van der Waals surface area (Å²) in [6.45, 7) is 7.77. The first-order valence-electron chi connectivity index (χ1n) is 7.04. The van der Waals surface area contributed by atoms with Crippen molar-refractivity contribution in [3.05, 3.63) is 28.5 Å². The number of hydrogen-bond donors (Lipinski definition) is 1. The molecule has 0 aliphatic carbocycles. The van der Waals surface area contributed by atoms with Gasteiger partial charge >= 0.3 is 0 Å². The van der Waals surface area contributed by atoms with Crippen LogP contribution in [0.15, 0.2) is 22.7 Å². The number of hydrogen-bond acceptors (Lipinski definition) is 2. The highest BCUT2D eigenvalue weighted by Crippen LogP contribution is 2.28. The third-order valence-corrected chi connectivity index (χ3v) is 4.69. The Morgan fingerprint density at radius 3 is 3.00 bits per heavy atom. The smallest absolute Gasteiger partial charge is 0.147 e. The zero-order valence-electron chi connectivity index (χ0n) is 11.6. The summed E-state index contributed by atoms with van der Waals surface area (Å²) >= 11 is 3.41. The van der Waals surface area contributed by atoms with Gasteiger partial charge in [0.05, 0.1) is 5.69 Å². The quantitative estimate of drug-likeness (QED) is 0.894. The summed E-state index contributed by atoms with van der Waals surface area (Å²) in [5.74, 6) is 0.393. The molecule has 2 unspecified atom stereocenters. The summed E-state index contributed by atoms with van der Waals surface area (Å²) < 4.78 is 14.6. The Bertz CT molecular complexity index is 404. The van der Waals surface area contributed by atoms with Crippen molar-refractivity contribution in [1.82, 2.24) is 4.90 Å². The number of likely N-dealkylation sites (tertiary alicyclic amines) is 1. The van der Waals surface area contributed by atoms with E-state index in [1.165, 1.54) is 25.5 Å². The van der Waals surface area contributed by atoms with Crippen molar-refractivity contribution >= 4 is 21.6 Å². The number of halogens is 2. The van der Waals surface area contributed by atoms with Gasteiger partial charge in [-0.2, -0.15) is 0 Å². The van der Waals surface area contributed by atoms with Gasteiger partial charge in [-0.1, -0.05) is 13.0 Å². The minimum absolute atomic E-state index is 0.190. The van der Waals surface area contributed by atoms with E-state index in [9.17, 15) is 4.39 Å². The van der Waals surface area contributed by atoms with Gasteiger partial charge in [-0.15, -0.1) is 0 Å². The van der Waals surface area contributed by atoms with Crippen molar-refractivity contribution in [2.75, 3.05) is 25.0 Å². The van der Waals surface area contributed by atoms with Crippen molar-refractivity contribution < 1.29 is 4.39 Å². The summed E-state index contributed by atoms with van der Waals surface area (Å²) in [5, 5.41) is 3.34. The van der Waals surface area contributed by atoms with Crippen molar-refractivity contribution in [3.63, 3.8) is 0 Å². The molecule has 2 nitrogen and oxygen atoms in total. The first-order chi connectivity index (χ1) is 9.11. The normalized spacial score (nSPS) is 22.2. The summed E-state index contributed by atoms with van der Waals surface area (Å²) in [5.41, 5.74) is 0.587. The molecule has 19 heavy (non-hydrogen) atoms. The first kappa shape index (κ1) is 14.8. The lowest BCUT2D eigenvalue weighted by molar-refractivity contribution is 0.172. The summed E-state index contributed by atoms with van der Waals surface area (Å²) in [7, 11) is 0. The van der Waals surface area contributed by atoms with Crippen LogP contribution in [0.25, 0.3) is 0 Å². The second kappa shape index (κ2) is 6.71. The lowest BCUT2D eigenvalue weighted by Gasteiger charge is -2.36. The van der Waals surface area contributed by atoms with Gasteiger partial charge in [0.2, 0.25) is 0 Å². The highest BCUT2D eigenvalue weighted by atomic mass is 79.9. The number of nitrogens with zero attached hydrogens (tertiary/aromatic N) is 1. The average molecular weight is 329 g/mol. The highest BCUT2D eigenvalue weighted by Gasteiger charge is 2.24. The van der Waals surface area contributed by atoms with Gasteiger partial charge in [-0.05, 0) is 66.8 Å². The molecule has 1 fully saturated rings. The van der Waals surface area contributed by atoms with Gasteiger partial charge in [-0.3, -0.25) is 0 Å². The molecule has 0 amide bonds. The van der Waals surface area contributed by atoms with Crippen molar-refractivity contribution in [2.24, 2.45) is 5.92 Å². The topological polar surface area (TPSA) is 15.3 Å². The number of rotatable bonds is 4. The summed E-state index contributed by atoms with van der Waals surface area (Å²) in [6, 6.07) is 5.37. The maximum absolute atomic E-state index is 13.8. The molecule has 1 aliphatic heterocycles. The molecule has 1 N–H and O–H groups in total. The number of benzene rings is 1. The van der Waals surface area contributed by atoms with Gasteiger partial charge in [-0.25, -0.2) is 4.39 Å². The Balaban J connectivity index is 2.02. The average Bonchev–Trinajstić information content (AvgIpc) is 2.43. The maximum Gasteiger partial charge on any atom is 0.147 e. The summed E-state index contributed by atoms with van der Waals surface area (Å²) in [4.78, 5) is 2.47. The Morgan fingerprint density at radius 1 is 1.53 bits per heavy atom. The van der Waals surface area contributed by atoms with E-state index in [1.807, 2.05) is 6.07 Å². The van der Waals surface area contributed by atoms with Crippen LogP contribution in [0.3, 0.4) is 0 Å². The summed E-state index contributed by atoms with van der Waals surface area (Å²) in [6.07, 6.45) is 2.46. The van der Waals surface area contributed by atoms with Crippen LogP contribution in [-0.2, 0) is 0 Å². The van der Waals surface area contributed by atoms with Crippen LogP contribution in [0.4, 0.5) is 10.1 Å². The van der Waals surface area contributed by atoms with Crippen LogP contribution in [0.2, 0.25) is 0 Å². The molecule has 2 rings (SSSR count). The van der Waals surface area contributed by atoms with Crippen LogP contribution in [0, 0.1) is 11.7 Å². The molecule has 106 valence electrons. The van der Waals surface area contributed by atoms with E-state index < -0.39 is 0 Å². The first-order valence-corrected chi connectivity index (χ1v) is 7.84. The van der Waals surface area contributed by atoms with Crippen molar-refractivity contribution in [3.8, 4) is 0 Å². The predicted molar refractivity (Wildman–Crippen MR) is 82.0 cm³/mol. The molecule has 0 radical (unpaired) electrons. The fourth-order valence-electron chi connectivity index (χ4n) is 2.77. The number of nitrogens with one attached hydrogen (secondary N) is 1. The number of anilines is 1. The molecule has 1 aromatic carbocycles. The fraction of sp³-hybridized carbons (Fsp3) is 0.600. The number of piperidine rings is 1. The van der Waals surface area contributed by atoms with Gasteiger partial charge in [0, 0.05) is 17.1 Å². The van der Waals surface area contributed by atoms with Crippen LogP contribution < -0.4 is 5.32 Å². The molecule has 1 heterocycles. The minimum atomic E-state index is -0.190. The monoisotopic (exact) mass is 328 g/mol. The van der Waals surface area contributed by atoms with E-state index in [4.69, 9.17) is 0 Å². The van der Waals surface area contributed by atoms with Gasteiger partial charge in [0.25, 0.3) is 0 Å². The fourth-order valence-corrected chi connectivity index (χ4v) is 3.22. The molecule has 0 saturated carbocycles. The Labute approximate surface area is 123 Å². The van der Waals surface area contributed by atoms with E-state index >= 15 is 0 Å². The van der Waals surface area contributed by atoms with Gasteiger partial charge < -0.3 is 10.2 Å². The van der Waals surface area contributed by atoms with E-state index in [1.54, 1.807) is 6.07 Å². The zero-order chi connectivity index (χ0) is 13.8. The Kier molecular flexibility index (Phi) is 5.22. The van der Waals surface area contributed by atoms with E-state index in [0.29, 0.717) is 11.6 Å². The van der Waals surface area contributed by atoms with Crippen LogP contribution in [-0.4, -0.2) is 30.6 Å². The molecule has 1 aromatic rings. The molecular weight excluding hydrogens is 307 g/mol. The second-order valence-corrected chi connectivity index (χ2v) is 6.18. The molecule has 1 aliphatic rings. The van der Waals surface area contributed by atoms with Crippen LogP contribution >= 0.6 is 15.9 Å². The van der Waals surface area contributed by atoms with Crippen LogP contribution in [0.1, 0.15) is 26.7 Å². The third kappa shape index (κ3) is 3.69. The van der Waals surface area contributed by atoms with E-state index in [0.717, 1.165) is 17.6 Å². The molecule has 4 heteroatoms. The number of para-hydroxylation sites is 1. The lowest BCUT2D eigenvalue weighted by Crippen LogP contribution is -2.41. The van der Waals surface area contributed by atoms with Gasteiger partial charge in [0.1, 0.15) is 5.82 Å².